The average Bonchev–Trinajstić information content (AvgIpc) is 2.76. The molecule has 0 aliphatic rings. The molecule has 1 aromatic carbocycles. The summed E-state index contributed by atoms with van der Waals surface area (Å²) < 4.78 is 28.7. The van der Waals surface area contributed by atoms with Crippen molar-refractivity contribution in [3.8, 4) is 0 Å². The number of rotatable bonds is 2. The molecule has 0 saturated carbocycles. The molecule has 1 atom stereocenters. The van der Waals surface area contributed by atoms with Crippen LogP contribution >= 0.6 is 0 Å². The lowest BCUT2D eigenvalue weighted by Gasteiger charge is -2.15. The van der Waals surface area contributed by atoms with Crippen LogP contribution in [0.2, 0.25) is 0 Å². The van der Waals surface area contributed by atoms with Crippen LogP contribution in [0.1, 0.15) is 18.7 Å². The number of halogens is 2. The van der Waals surface area contributed by atoms with Crippen molar-refractivity contribution in [1.29, 1.82) is 0 Å². The number of aromatic nitrogens is 3. The molecule has 0 radical (unpaired) electrons. The molecule has 1 unspecified atom stereocenters. The van der Waals surface area contributed by atoms with Gasteiger partial charge in [0.05, 0.1) is 17.3 Å². The largest absolute Gasteiger partial charge is 0.369 e. The van der Waals surface area contributed by atoms with Gasteiger partial charge in [-0.15, -0.1) is 0 Å². The van der Waals surface area contributed by atoms with Crippen molar-refractivity contribution >= 4 is 17.0 Å². The smallest absolute Gasteiger partial charge is 0.201 e. The third kappa shape index (κ3) is 1.89. The second-order valence-electron chi connectivity index (χ2n) is 4.53. The number of hydrogen-bond donors (Lipinski definition) is 1. The van der Waals surface area contributed by atoms with E-state index in [1.165, 1.54) is 6.07 Å². The summed E-state index contributed by atoms with van der Waals surface area (Å²) in [4.78, 5) is 8.21. The van der Waals surface area contributed by atoms with Crippen LogP contribution in [0.4, 0.5) is 14.7 Å². The van der Waals surface area contributed by atoms with Gasteiger partial charge in [0.25, 0.3) is 0 Å². The molecule has 2 aromatic heterocycles. The highest BCUT2D eigenvalue weighted by molar-refractivity contribution is 5.79. The lowest BCUT2D eigenvalue weighted by atomic mass is 10.2. The Labute approximate surface area is 113 Å². The van der Waals surface area contributed by atoms with Crippen LogP contribution in [-0.4, -0.2) is 14.5 Å². The van der Waals surface area contributed by atoms with Gasteiger partial charge < -0.3 is 10.3 Å². The summed E-state index contributed by atoms with van der Waals surface area (Å²) in [7, 11) is 0. The number of fused-ring (bicyclic) bond motifs is 1. The van der Waals surface area contributed by atoms with Crippen molar-refractivity contribution in [3.05, 3.63) is 53.9 Å². The van der Waals surface area contributed by atoms with E-state index in [4.69, 9.17) is 5.73 Å². The van der Waals surface area contributed by atoms with Crippen molar-refractivity contribution < 1.29 is 8.78 Å². The van der Waals surface area contributed by atoms with E-state index in [1.54, 1.807) is 16.8 Å². The van der Waals surface area contributed by atoms with Crippen LogP contribution in [0.15, 0.2) is 36.5 Å². The minimum Gasteiger partial charge on any atom is -0.369 e. The minimum atomic E-state index is -0.723. The zero-order chi connectivity index (χ0) is 14.3. The zero-order valence-corrected chi connectivity index (χ0v) is 10.7. The van der Waals surface area contributed by atoms with Crippen LogP contribution in [0, 0.1) is 11.6 Å². The molecule has 0 saturated heterocycles. The molecule has 102 valence electrons. The van der Waals surface area contributed by atoms with Gasteiger partial charge >= 0.3 is 0 Å². The van der Waals surface area contributed by atoms with Gasteiger partial charge in [-0.05, 0) is 19.1 Å². The summed E-state index contributed by atoms with van der Waals surface area (Å²) in [5.41, 5.74) is 6.96. The van der Waals surface area contributed by atoms with Crippen LogP contribution in [0.25, 0.3) is 11.0 Å². The second-order valence-corrected chi connectivity index (χ2v) is 4.53. The van der Waals surface area contributed by atoms with Gasteiger partial charge in [0.2, 0.25) is 5.95 Å². The first-order valence-corrected chi connectivity index (χ1v) is 6.11. The summed E-state index contributed by atoms with van der Waals surface area (Å²) in [5.74, 6) is -1.26. The van der Waals surface area contributed by atoms with Gasteiger partial charge in [-0.1, -0.05) is 6.07 Å². The molecule has 3 rings (SSSR count). The normalized spacial score (nSPS) is 12.8. The molecule has 0 fully saturated rings. The Morgan fingerprint density at radius 2 is 2.05 bits per heavy atom. The topological polar surface area (TPSA) is 56.7 Å². The van der Waals surface area contributed by atoms with Gasteiger partial charge in [-0.3, -0.25) is 4.98 Å². The standard InChI is InChI=1S/C14H12F2N4/c1-8(11-4-2-3-5-18-11)20-12-7-9(15)6-10(16)13(12)19-14(20)17/h2-8H,1H3,(H2,17,19). The van der Waals surface area contributed by atoms with Crippen LogP contribution in [0.5, 0.6) is 0 Å². The van der Waals surface area contributed by atoms with Crippen molar-refractivity contribution in [3.63, 3.8) is 0 Å². The third-order valence-corrected chi connectivity index (χ3v) is 3.24. The second kappa shape index (κ2) is 4.56. The molecule has 0 spiro atoms. The fraction of sp³-hybridized carbons (Fsp3) is 0.143. The van der Waals surface area contributed by atoms with Gasteiger partial charge in [0.1, 0.15) is 11.3 Å². The van der Waals surface area contributed by atoms with E-state index in [1.807, 2.05) is 19.1 Å². The van der Waals surface area contributed by atoms with Gasteiger partial charge in [0, 0.05) is 18.3 Å². The average molecular weight is 274 g/mol. The van der Waals surface area contributed by atoms with Crippen molar-refractivity contribution in [2.75, 3.05) is 5.73 Å². The Morgan fingerprint density at radius 1 is 1.25 bits per heavy atom. The zero-order valence-electron chi connectivity index (χ0n) is 10.7. The molecular formula is C14H12F2N4. The predicted octanol–water partition coefficient (Wildman–Crippen LogP) is 2.90. The van der Waals surface area contributed by atoms with E-state index in [0.29, 0.717) is 5.52 Å². The van der Waals surface area contributed by atoms with Crippen molar-refractivity contribution in [2.24, 2.45) is 0 Å². The van der Waals surface area contributed by atoms with E-state index in [2.05, 4.69) is 9.97 Å². The van der Waals surface area contributed by atoms with Crippen molar-refractivity contribution in [1.82, 2.24) is 14.5 Å². The number of pyridine rings is 1. The Hall–Kier alpha value is -2.50. The number of nitrogens with zero attached hydrogens (tertiary/aromatic N) is 3. The van der Waals surface area contributed by atoms with Gasteiger partial charge in [-0.25, -0.2) is 13.8 Å². The highest BCUT2D eigenvalue weighted by Gasteiger charge is 2.19. The molecule has 0 amide bonds. The van der Waals surface area contributed by atoms with Crippen molar-refractivity contribution in [2.45, 2.75) is 13.0 Å². The summed E-state index contributed by atoms with van der Waals surface area (Å²) in [6, 6.07) is 7.21. The van der Waals surface area contributed by atoms with Gasteiger partial charge in [0.15, 0.2) is 5.82 Å². The molecule has 0 aliphatic heterocycles. The van der Waals surface area contributed by atoms with Crippen LogP contribution < -0.4 is 5.73 Å². The molecule has 6 heteroatoms. The maximum absolute atomic E-state index is 13.7. The van der Waals surface area contributed by atoms with E-state index in [9.17, 15) is 8.78 Å². The highest BCUT2D eigenvalue weighted by atomic mass is 19.1. The minimum absolute atomic E-state index is 0.0617. The van der Waals surface area contributed by atoms with E-state index >= 15 is 0 Å². The summed E-state index contributed by atoms with van der Waals surface area (Å²) in [6.07, 6.45) is 1.66. The lowest BCUT2D eigenvalue weighted by Crippen LogP contribution is -2.11. The monoisotopic (exact) mass is 274 g/mol. The summed E-state index contributed by atoms with van der Waals surface area (Å²) in [5, 5.41) is 0. The first-order chi connectivity index (χ1) is 9.58. The Balaban J connectivity index is 2.23. The summed E-state index contributed by atoms with van der Waals surface area (Å²) in [6.45, 7) is 1.85. The lowest BCUT2D eigenvalue weighted by molar-refractivity contribution is 0.588. The highest BCUT2D eigenvalue weighted by Crippen LogP contribution is 2.28. The first kappa shape index (κ1) is 12.5. The van der Waals surface area contributed by atoms with Crippen LogP contribution in [-0.2, 0) is 0 Å². The Kier molecular flexibility index (Phi) is 2.85. The first-order valence-electron chi connectivity index (χ1n) is 6.11. The summed E-state index contributed by atoms with van der Waals surface area (Å²) >= 11 is 0. The third-order valence-electron chi connectivity index (χ3n) is 3.24. The van der Waals surface area contributed by atoms with Crippen LogP contribution in [0.3, 0.4) is 0 Å². The molecule has 20 heavy (non-hydrogen) atoms. The molecule has 4 nitrogen and oxygen atoms in total. The maximum Gasteiger partial charge on any atom is 0.201 e. The predicted molar refractivity (Wildman–Crippen MR) is 72.1 cm³/mol. The Morgan fingerprint density at radius 3 is 2.75 bits per heavy atom. The number of imidazole rings is 1. The molecule has 2 heterocycles. The van der Waals surface area contributed by atoms with E-state index in [0.717, 1.165) is 11.8 Å². The number of anilines is 1. The number of nitrogen functional groups attached to an aromatic ring is 1. The number of nitrogens with two attached hydrogens (primary N) is 1. The van der Waals surface area contributed by atoms with E-state index < -0.39 is 11.6 Å². The molecule has 0 aliphatic carbocycles. The quantitative estimate of drug-likeness (QED) is 0.781. The fourth-order valence-corrected chi connectivity index (χ4v) is 2.30. The number of hydrogen-bond acceptors (Lipinski definition) is 3. The Bertz CT molecular complexity index is 768. The number of benzene rings is 1. The SMILES string of the molecule is CC(c1ccccn1)n1c(N)nc2c(F)cc(F)cc21. The molecule has 0 bridgehead atoms. The van der Waals surface area contributed by atoms with E-state index in [-0.39, 0.29) is 17.5 Å². The van der Waals surface area contributed by atoms with Gasteiger partial charge in [-0.2, -0.15) is 0 Å². The maximum atomic E-state index is 13.7. The fourth-order valence-electron chi connectivity index (χ4n) is 2.30. The molecule has 3 aromatic rings. The molecule has 2 N–H and O–H groups in total. The molecular weight excluding hydrogens is 262 g/mol.